The molecule has 2 heterocycles. The van der Waals surface area contributed by atoms with Crippen LogP contribution in [0.1, 0.15) is 40.7 Å². The van der Waals surface area contributed by atoms with Gasteiger partial charge in [-0.2, -0.15) is 0 Å². The van der Waals surface area contributed by atoms with E-state index in [-0.39, 0.29) is 0 Å². The van der Waals surface area contributed by atoms with E-state index >= 15 is 0 Å². The Bertz CT molecular complexity index is 993. The van der Waals surface area contributed by atoms with Gasteiger partial charge in [0.15, 0.2) is 11.5 Å². The molecule has 0 saturated heterocycles. The van der Waals surface area contributed by atoms with Gasteiger partial charge in [-0.3, -0.25) is 4.79 Å². The summed E-state index contributed by atoms with van der Waals surface area (Å²) < 4.78 is 13.0. The van der Waals surface area contributed by atoms with E-state index in [9.17, 15) is 4.79 Å². The fourth-order valence-electron chi connectivity index (χ4n) is 3.75. The zero-order valence-corrected chi connectivity index (χ0v) is 18.1. The van der Waals surface area contributed by atoms with Crippen LogP contribution in [-0.2, 0) is 19.4 Å². The highest BCUT2D eigenvalue weighted by atomic mass is 32.1. The molecule has 3 rings (SSSR count). The molecule has 0 radical (unpaired) electrons. The molecule has 0 aliphatic rings. The van der Waals surface area contributed by atoms with Crippen molar-refractivity contribution < 1.29 is 14.3 Å². The Hall–Kier alpha value is -2.80. The van der Waals surface area contributed by atoms with Crippen molar-refractivity contribution in [3.05, 3.63) is 52.3 Å². The topological polar surface area (TPSA) is 79.4 Å². The smallest absolute Gasteiger partial charge is 0.251 e. The number of carbonyl (C=O) groups is 1. The molecule has 29 heavy (non-hydrogen) atoms. The summed E-state index contributed by atoms with van der Waals surface area (Å²) in [6.07, 6.45) is 4.38. The van der Waals surface area contributed by atoms with Crippen LogP contribution in [0.4, 0.5) is 0 Å². The second-order valence-electron chi connectivity index (χ2n) is 6.82. The number of primary amides is 1. The Balaban J connectivity index is 2.01. The predicted molar refractivity (Wildman–Crippen MR) is 116 cm³/mol. The molecule has 0 aliphatic heterocycles. The maximum absolute atomic E-state index is 12.3. The molecule has 0 aliphatic carbocycles. The summed E-state index contributed by atoms with van der Waals surface area (Å²) >= 11 is 1.53. The molecule has 0 bridgehead atoms. The molecular weight excluding hydrogens is 386 g/mol. The number of hydrogen-bond acceptors (Lipinski definition) is 5. The maximum atomic E-state index is 12.3. The van der Waals surface area contributed by atoms with Crippen molar-refractivity contribution in [2.24, 2.45) is 5.73 Å². The minimum Gasteiger partial charge on any atom is -0.493 e. The zero-order valence-electron chi connectivity index (χ0n) is 17.3. The fraction of sp³-hybridized carbons (Fsp3) is 0.364. The Morgan fingerprint density at radius 2 is 1.97 bits per heavy atom. The third-order valence-corrected chi connectivity index (χ3v) is 5.87. The van der Waals surface area contributed by atoms with E-state index in [2.05, 4.69) is 16.5 Å². The Morgan fingerprint density at radius 1 is 1.21 bits per heavy atom. The second-order valence-corrected chi connectivity index (χ2v) is 7.72. The summed E-state index contributed by atoms with van der Waals surface area (Å²) in [5, 5.41) is 2.77. The number of rotatable bonds is 9. The van der Waals surface area contributed by atoms with Crippen molar-refractivity contribution in [2.75, 3.05) is 14.2 Å². The number of benzene rings is 1. The third kappa shape index (κ3) is 4.15. The average Bonchev–Trinajstić information content (AvgIpc) is 3.33. The van der Waals surface area contributed by atoms with E-state index in [1.165, 1.54) is 11.3 Å². The summed E-state index contributed by atoms with van der Waals surface area (Å²) in [4.78, 5) is 16.7. The highest BCUT2D eigenvalue weighted by molar-refractivity contribution is 7.13. The zero-order chi connectivity index (χ0) is 21.0. The van der Waals surface area contributed by atoms with Crippen LogP contribution in [0.3, 0.4) is 0 Å². The third-order valence-electron chi connectivity index (χ3n) is 5.08. The molecular formula is C22H27N3O3S. The first-order chi connectivity index (χ1) is 14.0. The van der Waals surface area contributed by atoms with Gasteiger partial charge in [-0.05, 0) is 37.5 Å². The fourth-order valence-corrected chi connectivity index (χ4v) is 4.46. The minimum atomic E-state index is -0.407. The van der Waals surface area contributed by atoms with Crippen LogP contribution < -0.4 is 15.2 Å². The van der Waals surface area contributed by atoms with Crippen LogP contribution in [-0.4, -0.2) is 29.7 Å². The van der Waals surface area contributed by atoms with E-state index in [1.807, 2.05) is 30.5 Å². The van der Waals surface area contributed by atoms with Gasteiger partial charge in [-0.25, -0.2) is 4.98 Å². The number of hydrogen-bond donors (Lipinski definition) is 1. The van der Waals surface area contributed by atoms with E-state index in [4.69, 9.17) is 15.2 Å². The van der Waals surface area contributed by atoms with E-state index in [0.717, 1.165) is 53.3 Å². The number of nitrogens with zero attached hydrogens (tertiary/aromatic N) is 2. The molecule has 6 nitrogen and oxygen atoms in total. The van der Waals surface area contributed by atoms with Gasteiger partial charge < -0.3 is 19.8 Å². The summed E-state index contributed by atoms with van der Waals surface area (Å²) in [5.74, 6) is 1.02. The lowest BCUT2D eigenvalue weighted by atomic mass is 10.1. The van der Waals surface area contributed by atoms with Gasteiger partial charge in [0.25, 0.3) is 5.91 Å². The quantitative estimate of drug-likeness (QED) is 0.569. The van der Waals surface area contributed by atoms with Crippen LogP contribution in [0.25, 0.3) is 10.6 Å². The predicted octanol–water partition coefficient (Wildman–Crippen LogP) is 4.23. The number of thiazole rings is 1. The van der Waals surface area contributed by atoms with Crippen molar-refractivity contribution in [3.63, 3.8) is 0 Å². The monoisotopic (exact) mass is 413 g/mol. The van der Waals surface area contributed by atoms with Crippen LogP contribution in [0.15, 0.2) is 29.8 Å². The molecule has 2 aromatic heterocycles. The van der Waals surface area contributed by atoms with E-state index in [0.29, 0.717) is 17.1 Å². The number of ether oxygens (including phenoxy) is 2. The van der Waals surface area contributed by atoms with E-state index in [1.54, 1.807) is 20.4 Å². The van der Waals surface area contributed by atoms with Gasteiger partial charge in [0, 0.05) is 35.1 Å². The number of nitrogens with two attached hydrogens (primary N) is 1. The molecule has 154 valence electrons. The van der Waals surface area contributed by atoms with E-state index < -0.39 is 5.91 Å². The molecule has 0 unspecified atom stereocenters. The number of aromatic nitrogens is 2. The first-order valence-corrected chi connectivity index (χ1v) is 10.5. The Morgan fingerprint density at radius 3 is 2.55 bits per heavy atom. The maximum Gasteiger partial charge on any atom is 0.251 e. The number of carbonyl (C=O) groups excluding carboxylic acids is 1. The van der Waals surface area contributed by atoms with Crippen LogP contribution >= 0.6 is 11.3 Å². The first-order valence-electron chi connectivity index (χ1n) is 9.64. The summed E-state index contributed by atoms with van der Waals surface area (Å²) in [7, 11) is 3.26. The van der Waals surface area contributed by atoms with Crippen molar-refractivity contribution in [1.82, 2.24) is 9.55 Å². The molecule has 0 spiro atoms. The molecule has 1 amide bonds. The molecule has 3 aromatic rings. The SMILES string of the molecule is CCCc1c(-c2nccs2)c(C(N)=O)c(C)n1CCc1ccc(OC)c(OC)c1. The van der Waals surface area contributed by atoms with Crippen molar-refractivity contribution in [3.8, 4) is 22.1 Å². The molecule has 7 heteroatoms. The largest absolute Gasteiger partial charge is 0.493 e. The van der Waals surface area contributed by atoms with Gasteiger partial charge >= 0.3 is 0 Å². The lowest BCUT2D eigenvalue weighted by Crippen LogP contribution is -2.14. The van der Waals surface area contributed by atoms with Gasteiger partial charge in [-0.15, -0.1) is 11.3 Å². The highest BCUT2D eigenvalue weighted by Gasteiger charge is 2.25. The summed E-state index contributed by atoms with van der Waals surface area (Å²) in [6, 6.07) is 5.95. The van der Waals surface area contributed by atoms with Gasteiger partial charge in [-0.1, -0.05) is 19.4 Å². The first kappa shape index (κ1) is 20.9. The van der Waals surface area contributed by atoms with Gasteiger partial charge in [0.05, 0.1) is 19.8 Å². The molecule has 2 N–H and O–H groups in total. The number of amides is 1. The Kier molecular flexibility index (Phi) is 6.59. The summed E-state index contributed by atoms with van der Waals surface area (Å²) in [5.41, 5.74) is 10.4. The van der Waals surface area contributed by atoms with Crippen molar-refractivity contribution in [2.45, 2.75) is 39.7 Å². The molecule has 0 saturated carbocycles. The molecule has 0 fully saturated rings. The van der Waals surface area contributed by atoms with Crippen LogP contribution in [0.5, 0.6) is 11.5 Å². The molecule has 0 atom stereocenters. The van der Waals surface area contributed by atoms with Crippen LogP contribution in [0.2, 0.25) is 0 Å². The van der Waals surface area contributed by atoms with Crippen molar-refractivity contribution in [1.29, 1.82) is 0 Å². The Labute approximate surface area is 175 Å². The number of methoxy groups -OCH3 is 2. The van der Waals surface area contributed by atoms with Crippen molar-refractivity contribution >= 4 is 17.2 Å². The molecule has 1 aromatic carbocycles. The average molecular weight is 414 g/mol. The highest BCUT2D eigenvalue weighted by Crippen LogP contribution is 2.35. The lowest BCUT2D eigenvalue weighted by molar-refractivity contribution is 0.1000. The minimum absolute atomic E-state index is 0.407. The standard InChI is InChI=1S/C22H27N3O3S/c1-5-6-16-20(22-24-10-12-29-22)19(21(23)26)14(2)25(16)11-9-15-7-8-17(27-3)18(13-15)28-4/h7-8,10,12-13H,5-6,9,11H2,1-4H3,(H2,23,26). The number of aryl methyl sites for hydroxylation is 1. The summed E-state index contributed by atoms with van der Waals surface area (Å²) in [6.45, 7) is 4.84. The second kappa shape index (κ2) is 9.13. The van der Waals surface area contributed by atoms with Gasteiger partial charge in [0.1, 0.15) is 5.01 Å². The van der Waals surface area contributed by atoms with Crippen LogP contribution in [0, 0.1) is 6.92 Å². The normalized spacial score (nSPS) is 10.9. The lowest BCUT2D eigenvalue weighted by Gasteiger charge is -2.14. The van der Waals surface area contributed by atoms with Gasteiger partial charge in [0.2, 0.25) is 0 Å².